The summed E-state index contributed by atoms with van der Waals surface area (Å²) in [6, 6.07) is 6.83. The van der Waals surface area contributed by atoms with Crippen LogP contribution in [0.25, 0.3) is 0 Å². The molecule has 1 rings (SSSR count). The maximum Gasteiger partial charge on any atom is 0.237 e. The normalized spacial score (nSPS) is 11.4. The Morgan fingerprint density at radius 3 is 2.71 bits per heavy atom. The lowest BCUT2D eigenvalue weighted by Gasteiger charge is -2.10. The summed E-state index contributed by atoms with van der Waals surface area (Å²) >= 11 is 0. The average molecular weight is 232 g/mol. The first kappa shape index (κ1) is 13.1. The van der Waals surface area contributed by atoms with Crippen LogP contribution in [0.5, 0.6) is 5.75 Å². The zero-order chi connectivity index (χ0) is 12.7. The molecule has 0 aliphatic heterocycles. The van der Waals surface area contributed by atoms with Gasteiger partial charge in [0.25, 0.3) is 0 Å². The molecular formula is C13H16N2O2. The second-order valence-electron chi connectivity index (χ2n) is 3.56. The van der Waals surface area contributed by atoms with Crippen LogP contribution in [0.3, 0.4) is 0 Å². The van der Waals surface area contributed by atoms with E-state index in [4.69, 9.17) is 16.9 Å². The van der Waals surface area contributed by atoms with E-state index in [0.29, 0.717) is 12.2 Å². The quantitative estimate of drug-likeness (QED) is 0.718. The third-order valence-electron chi connectivity index (χ3n) is 2.28. The lowest BCUT2D eigenvalue weighted by atomic mass is 10.1. The lowest BCUT2D eigenvalue weighted by molar-refractivity contribution is -0.121. The number of benzene rings is 1. The number of carbonyl (C=O) groups is 1. The van der Waals surface area contributed by atoms with Crippen LogP contribution in [0.15, 0.2) is 24.3 Å². The highest BCUT2D eigenvalue weighted by Gasteiger charge is 2.11. The van der Waals surface area contributed by atoms with Gasteiger partial charge in [-0.2, -0.15) is 0 Å². The van der Waals surface area contributed by atoms with Crippen molar-refractivity contribution in [2.24, 2.45) is 5.73 Å². The van der Waals surface area contributed by atoms with Crippen molar-refractivity contribution in [3.8, 4) is 18.1 Å². The minimum absolute atomic E-state index is 0.169. The Morgan fingerprint density at radius 1 is 1.53 bits per heavy atom. The lowest BCUT2D eigenvalue weighted by Crippen LogP contribution is -2.40. The fourth-order valence-corrected chi connectivity index (χ4v) is 1.38. The fraction of sp³-hybridized carbons (Fsp3) is 0.308. The van der Waals surface area contributed by atoms with Gasteiger partial charge in [-0.3, -0.25) is 4.79 Å². The number of ether oxygens (including phenoxy) is 1. The molecule has 0 aromatic heterocycles. The number of terminal acetylenes is 1. The molecule has 90 valence electrons. The molecule has 0 radical (unpaired) electrons. The first-order valence-electron chi connectivity index (χ1n) is 5.29. The van der Waals surface area contributed by atoms with E-state index in [1.54, 1.807) is 7.05 Å². The van der Waals surface area contributed by atoms with Gasteiger partial charge in [-0.25, -0.2) is 0 Å². The summed E-state index contributed by atoms with van der Waals surface area (Å²) in [5, 5.41) is 2.51. The number of hydrogen-bond acceptors (Lipinski definition) is 3. The van der Waals surface area contributed by atoms with Crippen LogP contribution in [-0.4, -0.2) is 25.6 Å². The number of hydrogen-bond donors (Lipinski definition) is 2. The van der Waals surface area contributed by atoms with E-state index in [1.807, 2.05) is 24.3 Å². The van der Waals surface area contributed by atoms with Crippen LogP contribution >= 0.6 is 0 Å². The Hall–Kier alpha value is -1.99. The third kappa shape index (κ3) is 4.17. The molecule has 0 saturated carbocycles. The van der Waals surface area contributed by atoms with Crippen molar-refractivity contribution in [3.63, 3.8) is 0 Å². The summed E-state index contributed by atoms with van der Waals surface area (Å²) < 4.78 is 5.24. The summed E-state index contributed by atoms with van der Waals surface area (Å²) in [7, 11) is 1.57. The number of nitrogens with one attached hydrogen (secondary N) is 1. The van der Waals surface area contributed by atoms with Crippen molar-refractivity contribution in [2.75, 3.05) is 13.7 Å². The monoisotopic (exact) mass is 232 g/mol. The summed E-state index contributed by atoms with van der Waals surface area (Å²) in [6.45, 7) is 0.247. The maximum atomic E-state index is 11.2. The Balaban J connectivity index is 2.56. The highest BCUT2D eigenvalue weighted by Crippen LogP contribution is 2.13. The molecule has 1 aromatic carbocycles. The summed E-state index contributed by atoms with van der Waals surface area (Å²) in [5.74, 6) is 2.93. The van der Waals surface area contributed by atoms with Gasteiger partial charge in [-0.1, -0.05) is 18.1 Å². The minimum atomic E-state index is -0.530. The van der Waals surface area contributed by atoms with Gasteiger partial charge in [0.05, 0.1) is 6.04 Å². The molecule has 0 aliphatic rings. The molecule has 0 fully saturated rings. The average Bonchev–Trinajstić information content (AvgIpc) is 2.37. The van der Waals surface area contributed by atoms with Gasteiger partial charge in [0.2, 0.25) is 5.91 Å². The largest absolute Gasteiger partial charge is 0.481 e. The smallest absolute Gasteiger partial charge is 0.237 e. The Morgan fingerprint density at radius 2 is 2.18 bits per heavy atom. The number of likely N-dealkylation sites (N-methyl/N-ethyl adjacent to an activating group) is 1. The highest BCUT2D eigenvalue weighted by molar-refractivity contribution is 5.81. The molecule has 4 heteroatoms. The fourth-order valence-electron chi connectivity index (χ4n) is 1.38. The van der Waals surface area contributed by atoms with E-state index in [-0.39, 0.29) is 12.5 Å². The van der Waals surface area contributed by atoms with E-state index < -0.39 is 6.04 Å². The van der Waals surface area contributed by atoms with E-state index in [2.05, 4.69) is 11.2 Å². The molecule has 0 bridgehead atoms. The molecule has 0 aliphatic carbocycles. The van der Waals surface area contributed by atoms with E-state index >= 15 is 0 Å². The predicted molar refractivity (Wildman–Crippen MR) is 66.5 cm³/mol. The van der Waals surface area contributed by atoms with Crippen LogP contribution < -0.4 is 15.8 Å². The Bertz CT molecular complexity index is 406. The van der Waals surface area contributed by atoms with Crippen LogP contribution in [-0.2, 0) is 11.2 Å². The van der Waals surface area contributed by atoms with Gasteiger partial charge < -0.3 is 15.8 Å². The van der Waals surface area contributed by atoms with Crippen LogP contribution in [0, 0.1) is 12.3 Å². The molecule has 0 unspecified atom stereocenters. The molecule has 0 saturated heterocycles. The second-order valence-corrected chi connectivity index (χ2v) is 3.56. The molecule has 1 atom stereocenters. The van der Waals surface area contributed by atoms with Crippen molar-refractivity contribution in [3.05, 3.63) is 29.8 Å². The van der Waals surface area contributed by atoms with Gasteiger partial charge >= 0.3 is 0 Å². The maximum absolute atomic E-state index is 11.2. The standard InChI is InChI=1S/C13H16N2O2/c1-3-8-17-11-6-4-10(5-7-11)9-12(14)13(16)15-2/h1,4-7,12H,8-9,14H2,2H3,(H,15,16)/t12-/m0/s1. The van der Waals surface area contributed by atoms with Gasteiger partial charge in [0.15, 0.2) is 0 Å². The zero-order valence-electron chi connectivity index (χ0n) is 9.77. The first-order valence-corrected chi connectivity index (χ1v) is 5.29. The van der Waals surface area contributed by atoms with E-state index in [0.717, 1.165) is 5.56 Å². The third-order valence-corrected chi connectivity index (χ3v) is 2.28. The van der Waals surface area contributed by atoms with Gasteiger partial charge in [-0.05, 0) is 24.1 Å². The number of amides is 1. The molecule has 1 aromatic rings. The van der Waals surface area contributed by atoms with Crippen LogP contribution in [0.2, 0.25) is 0 Å². The molecular weight excluding hydrogens is 216 g/mol. The Labute approximate surface area is 101 Å². The summed E-state index contributed by atoms with van der Waals surface area (Å²) in [4.78, 5) is 11.2. The zero-order valence-corrected chi connectivity index (χ0v) is 9.77. The SMILES string of the molecule is C#CCOc1ccc(C[C@H](N)C(=O)NC)cc1. The molecule has 0 spiro atoms. The van der Waals surface area contributed by atoms with Crippen molar-refractivity contribution in [2.45, 2.75) is 12.5 Å². The Kier molecular flexibility index (Phi) is 5.05. The number of rotatable bonds is 5. The van der Waals surface area contributed by atoms with Crippen molar-refractivity contribution < 1.29 is 9.53 Å². The summed E-state index contributed by atoms with van der Waals surface area (Å²) in [5.41, 5.74) is 6.69. The van der Waals surface area contributed by atoms with Crippen LogP contribution in [0.4, 0.5) is 0 Å². The van der Waals surface area contributed by atoms with Gasteiger partial charge in [0, 0.05) is 7.05 Å². The van der Waals surface area contributed by atoms with Crippen molar-refractivity contribution in [1.29, 1.82) is 0 Å². The van der Waals surface area contributed by atoms with Crippen LogP contribution in [0.1, 0.15) is 5.56 Å². The highest BCUT2D eigenvalue weighted by atomic mass is 16.5. The predicted octanol–water partition coefficient (Wildman–Crippen LogP) is 0.314. The topological polar surface area (TPSA) is 64.3 Å². The number of carbonyl (C=O) groups excluding carboxylic acids is 1. The molecule has 17 heavy (non-hydrogen) atoms. The second kappa shape index (κ2) is 6.56. The molecule has 0 heterocycles. The number of nitrogens with two attached hydrogens (primary N) is 1. The van der Waals surface area contributed by atoms with E-state index in [1.165, 1.54) is 0 Å². The van der Waals surface area contributed by atoms with Gasteiger partial charge in [-0.15, -0.1) is 6.42 Å². The first-order chi connectivity index (χ1) is 8.17. The minimum Gasteiger partial charge on any atom is -0.481 e. The van der Waals surface area contributed by atoms with Gasteiger partial charge in [0.1, 0.15) is 12.4 Å². The molecule has 3 N–H and O–H groups in total. The molecule has 1 amide bonds. The summed E-state index contributed by atoms with van der Waals surface area (Å²) in [6.07, 6.45) is 5.58. The van der Waals surface area contributed by atoms with Crippen molar-refractivity contribution >= 4 is 5.91 Å². The van der Waals surface area contributed by atoms with E-state index in [9.17, 15) is 4.79 Å². The van der Waals surface area contributed by atoms with Crippen molar-refractivity contribution in [1.82, 2.24) is 5.32 Å². The molecule has 4 nitrogen and oxygen atoms in total.